The van der Waals surface area contributed by atoms with Crippen LogP contribution in [0, 0.1) is 41.2 Å². The van der Waals surface area contributed by atoms with E-state index in [0.717, 1.165) is 108 Å². The maximum atomic E-state index is 15.6. The molecule has 1 N–H and O–H groups in total. The van der Waals surface area contributed by atoms with E-state index in [4.69, 9.17) is 21.4 Å². The molecule has 0 spiro atoms. The summed E-state index contributed by atoms with van der Waals surface area (Å²) in [6.45, 7) is 6.95. The van der Waals surface area contributed by atoms with Gasteiger partial charge in [-0.1, -0.05) is 153 Å². The number of anilines is 1. The van der Waals surface area contributed by atoms with Crippen LogP contribution in [-0.2, 0) is 17.6 Å². The van der Waals surface area contributed by atoms with Crippen molar-refractivity contribution in [1.82, 2.24) is 0 Å². The van der Waals surface area contributed by atoms with E-state index in [0.29, 0.717) is 22.1 Å². The molecular formula is C59H55ClF2N2O. The van der Waals surface area contributed by atoms with Crippen molar-refractivity contribution in [2.45, 2.75) is 78.6 Å². The molecule has 1 unspecified atom stereocenters. The molecule has 0 amide bonds. The molecule has 0 radical (unpaired) electrons. The lowest BCUT2D eigenvalue weighted by molar-refractivity contribution is 0.221. The molecule has 6 heteroatoms. The molecule has 0 aliphatic heterocycles. The Morgan fingerprint density at radius 3 is 2.14 bits per heavy atom. The Kier molecular flexibility index (Phi) is 16.6. The molecule has 1 atom stereocenters. The summed E-state index contributed by atoms with van der Waals surface area (Å²) in [7, 11) is 0. The van der Waals surface area contributed by atoms with Gasteiger partial charge in [0.05, 0.1) is 35.4 Å². The van der Waals surface area contributed by atoms with Crippen LogP contribution in [0.5, 0.6) is 0 Å². The van der Waals surface area contributed by atoms with Crippen molar-refractivity contribution in [2.24, 2.45) is 11.0 Å². The summed E-state index contributed by atoms with van der Waals surface area (Å²) in [5.41, 5.74) is 10.8. The zero-order chi connectivity index (χ0) is 45.4. The van der Waals surface area contributed by atoms with Crippen LogP contribution in [0.15, 0.2) is 145 Å². The fraction of sp³-hybridized carbons (Fsp3) is 0.237. The van der Waals surface area contributed by atoms with Crippen molar-refractivity contribution in [3.63, 3.8) is 0 Å². The van der Waals surface area contributed by atoms with Crippen LogP contribution in [-0.4, -0.2) is 12.8 Å². The molecule has 0 aromatic heterocycles. The van der Waals surface area contributed by atoms with Gasteiger partial charge in [0.25, 0.3) is 0 Å². The van der Waals surface area contributed by atoms with E-state index < -0.39 is 11.6 Å². The molecule has 0 bridgehead atoms. The summed E-state index contributed by atoms with van der Waals surface area (Å²) in [5.74, 6) is 10.7. The van der Waals surface area contributed by atoms with Crippen LogP contribution in [0.3, 0.4) is 0 Å². The number of hydrogen-bond acceptors (Lipinski definition) is 3. The van der Waals surface area contributed by atoms with E-state index in [2.05, 4.69) is 91.5 Å². The molecular weight excluding hydrogens is 826 g/mol. The Bertz CT molecular complexity index is 2910. The van der Waals surface area contributed by atoms with Crippen molar-refractivity contribution in [1.29, 1.82) is 0 Å². The van der Waals surface area contributed by atoms with Gasteiger partial charge in [0.15, 0.2) is 11.6 Å². The first-order valence-electron chi connectivity index (χ1n) is 22.7. The maximum Gasteiger partial charge on any atom is 0.175 e. The first kappa shape index (κ1) is 46.3. The zero-order valence-electron chi connectivity index (χ0n) is 37.5. The first-order chi connectivity index (χ1) is 31.8. The monoisotopic (exact) mass is 880 g/mol. The highest BCUT2D eigenvalue weighted by atomic mass is 35.5. The highest BCUT2D eigenvalue weighted by Gasteiger charge is 2.16. The van der Waals surface area contributed by atoms with Gasteiger partial charge in [-0.25, -0.2) is 8.78 Å². The number of allylic oxidation sites excluding steroid dienone is 1. The third kappa shape index (κ3) is 12.1. The number of hydrazone groups is 1. The third-order valence-corrected chi connectivity index (χ3v) is 12.2. The lowest BCUT2D eigenvalue weighted by Gasteiger charge is -2.13. The quantitative estimate of drug-likeness (QED) is 0.0306. The molecule has 7 aromatic rings. The van der Waals surface area contributed by atoms with Crippen molar-refractivity contribution in [2.75, 3.05) is 12.0 Å². The fourth-order valence-electron chi connectivity index (χ4n) is 8.04. The van der Waals surface area contributed by atoms with Gasteiger partial charge in [0.2, 0.25) is 0 Å². The number of unbranched alkanes of at least 4 members (excludes halogenated alkanes) is 2. The lowest BCUT2D eigenvalue weighted by atomic mass is 9.93. The summed E-state index contributed by atoms with van der Waals surface area (Å²) in [6, 6.07) is 41.6. The Hall–Kier alpha value is -6.66. The number of nitrogens with one attached hydrogen (secondary N) is 1. The molecule has 7 rings (SSSR count). The minimum Gasteiger partial charge on any atom is -0.502 e. The average Bonchev–Trinajstić information content (AvgIpc) is 3.33. The molecule has 0 saturated carbocycles. The van der Waals surface area contributed by atoms with Gasteiger partial charge in [-0.15, -0.1) is 11.8 Å². The molecule has 3 nitrogen and oxygen atoms in total. The van der Waals surface area contributed by atoms with Gasteiger partial charge in [-0.05, 0) is 121 Å². The molecule has 0 saturated heterocycles. The second-order valence-corrected chi connectivity index (χ2v) is 16.8. The van der Waals surface area contributed by atoms with Crippen LogP contribution in [0.1, 0.15) is 93.5 Å². The molecule has 0 fully saturated rings. The minimum atomic E-state index is -0.988. The van der Waals surface area contributed by atoms with E-state index in [1.165, 1.54) is 17.2 Å². The summed E-state index contributed by atoms with van der Waals surface area (Å²) >= 11 is 7.10. The highest BCUT2D eigenvalue weighted by Crippen LogP contribution is 2.35. The second-order valence-electron chi connectivity index (χ2n) is 16.4. The van der Waals surface area contributed by atoms with Crippen LogP contribution < -0.4 is 5.43 Å². The van der Waals surface area contributed by atoms with Crippen molar-refractivity contribution in [3.8, 4) is 45.9 Å². The van der Waals surface area contributed by atoms with E-state index >= 15 is 8.78 Å². The van der Waals surface area contributed by atoms with Crippen molar-refractivity contribution < 1.29 is 13.5 Å². The Morgan fingerprint density at radius 2 is 1.37 bits per heavy atom. The van der Waals surface area contributed by atoms with Crippen LogP contribution >= 0.6 is 11.6 Å². The molecule has 0 heterocycles. The number of fused-ring (bicyclic) bond motifs is 2. The summed E-state index contributed by atoms with van der Waals surface area (Å²) < 4.78 is 36.8. The largest absolute Gasteiger partial charge is 0.502 e. The average molecular weight is 882 g/mol. The van der Waals surface area contributed by atoms with Gasteiger partial charge < -0.3 is 4.74 Å². The number of ether oxygens (including phenoxy) is 1. The predicted octanol–water partition coefficient (Wildman–Crippen LogP) is 16.1. The van der Waals surface area contributed by atoms with Crippen molar-refractivity contribution in [3.05, 3.63) is 184 Å². The molecule has 7 aromatic carbocycles. The van der Waals surface area contributed by atoms with Gasteiger partial charge >= 0.3 is 0 Å². The highest BCUT2D eigenvalue weighted by molar-refractivity contribution is 6.37. The number of nitrogens with zero attached hydrogens (tertiary/aromatic N) is 1. The summed E-state index contributed by atoms with van der Waals surface area (Å²) in [4.78, 5) is 0. The van der Waals surface area contributed by atoms with Crippen LogP contribution in [0.25, 0.3) is 43.8 Å². The Labute approximate surface area is 388 Å². The predicted molar refractivity (Wildman–Crippen MR) is 270 cm³/mol. The van der Waals surface area contributed by atoms with Gasteiger partial charge in [0, 0.05) is 33.9 Å². The molecule has 0 aliphatic rings. The molecule has 65 heavy (non-hydrogen) atoms. The topological polar surface area (TPSA) is 33.6 Å². The number of benzene rings is 7. The van der Waals surface area contributed by atoms with E-state index in [1.807, 2.05) is 85.9 Å². The normalized spacial score (nSPS) is 11.7. The first-order valence-corrected chi connectivity index (χ1v) is 23.1. The van der Waals surface area contributed by atoms with E-state index in [1.54, 1.807) is 12.3 Å². The Morgan fingerprint density at radius 1 is 0.692 bits per heavy atom. The van der Waals surface area contributed by atoms with Crippen LogP contribution in [0.4, 0.5) is 14.5 Å². The standard InChI is InChI=1S/C59H55ClF2N2O/c1-4-6-8-9-10-16-43-22-26-46(27-23-43)50-36-37-54-53(55(50)41-63-64-56-21-14-19-45-18-11-12-20-51(45)56)35-32-48(57(54)60)30-31-49-33-34-52(59(62)58(49)61)47-28-24-44(25-29-47)17-13-15-42(3)38-40-65-39-7-5-2/h7,11-12,14,18-29,32-37,39,41-42,64H,5,8-10,13,15-17,38,40H2,1-3H3/b39-7-,63-41+. The smallest absolute Gasteiger partial charge is 0.175 e. The van der Waals surface area contributed by atoms with Crippen LogP contribution in [0.2, 0.25) is 5.02 Å². The molecule has 328 valence electrons. The van der Waals surface area contributed by atoms with Gasteiger partial charge in [-0.3, -0.25) is 5.43 Å². The van der Waals surface area contributed by atoms with E-state index in [-0.39, 0.29) is 11.1 Å². The number of halogens is 3. The number of aryl methyl sites for hydroxylation is 2. The Balaban J connectivity index is 1.10. The maximum absolute atomic E-state index is 15.6. The molecule has 0 aliphatic carbocycles. The second kappa shape index (κ2) is 23.3. The number of hydrogen-bond donors (Lipinski definition) is 1. The summed E-state index contributed by atoms with van der Waals surface area (Å²) in [6.07, 6.45) is 14.8. The minimum absolute atomic E-state index is 0.0410. The third-order valence-electron chi connectivity index (χ3n) is 11.8. The van der Waals surface area contributed by atoms with Gasteiger partial charge in [0.1, 0.15) is 0 Å². The fourth-order valence-corrected chi connectivity index (χ4v) is 8.32. The van der Waals surface area contributed by atoms with Gasteiger partial charge in [-0.2, -0.15) is 5.10 Å². The zero-order valence-corrected chi connectivity index (χ0v) is 38.3. The SMILES string of the molecule is CC#CCCCCc1ccc(-c2ccc3c(Cl)c(C#Cc4ccc(-c5ccc(CCCC(C)CCO/C=C\CC)cc5)c(F)c4F)ccc3c2/C=N/Nc2cccc3ccccc23)cc1. The summed E-state index contributed by atoms with van der Waals surface area (Å²) in [5, 5.41) is 9.01. The lowest BCUT2D eigenvalue weighted by Crippen LogP contribution is -2.00. The van der Waals surface area contributed by atoms with Crippen molar-refractivity contribution >= 4 is 45.0 Å². The number of rotatable bonds is 18. The van der Waals surface area contributed by atoms with E-state index in [9.17, 15) is 0 Å².